The Hall–Kier alpha value is -1.94. The highest BCUT2D eigenvalue weighted by Crippen LogP contribution is 2.45. The second-order valence-corrected chi connectivity index (χ2v) is 30.6. The van der Waals surface area contributed by atoms with Crippen LogP contribution < -0.4 is 0 Å². The fourth-order valence-corrected chi connectivity index (χ4v) is 12.4. The van der Waals surface area contributed by atoms with Crippen LogP contribution in [0.3, 0.4) is 0 Å². The summed E-state index contributed by atoms with van der Waals surface area (Å²) in [6.07, 6.45) is 45.0. The molecule has 19 heteroatoms. The summed E-state index contributed by atoms with van der Waals surface area (Å²) in [6.45, 7) is 14.0. The van der Waals surface area contributed by atoms with Crippen LogP contribution in [0.15, 0.2) is 0 Å². The average molecular weight is 1340 g/mol. The number of ether oxygens (including phenoxy) is 4. The molecule has 0 heterocycles. The molecule has 91 heavy (non-hydrogen) atoms. The highest BCUT2D eigenvalue weighted by Gasteiger charge is 2.30. The van der Waals surface area contributed by atoms with Crippen LogP contribution in [-0.2, 0) is 65.4 Å². The van der Waals surface area contributed by atoms with Crippen molar-refractivity contribution in [2.75, 3.05) is 39.6 Å². The molecular formula is C72H140O17P2. The molecule has 6 atom stereocenters. The van der Waals surface area contributed by atoms with Gasteiger partial charge in [-0.1, -0.05) is 306 Å². The Labute approximate surface area is 556 Å². The van der Waals surface area contributed by atoms with E-state index in [0.29, 0.717) is 43.4 Å². The fourth-order valence-electron chi connectivity index (χ4n) is 10.8. The van der Waals surface area contributed by atoms with Gasteiger partial charge in [0.05, 0.1) is 26.4 Å². The van der Waals surface area contributed by atoms with Gasteiger partial charge in [0.1, 0.15) is 19.3 Å². The third-order valence-electron chi connectivity index (χ3n) is 16.9. The van der Waals surface area contributed by atoms with E-state index in [4.69, 9.17) is 37.0 Å². The molecule has 0 spiro atoms. The maximum atomic E-state index is 13.0. The van der Waals surface area contributed by atoms with Gasteiger partial charge in [-0.15, -0.1) is 0 Å². The van der Waals surface area contributed by atoms with Crippen molar-refractivity contribution in [3.63, 3.8) is 0 Å². The van der Waals surface area contributed by atoms with Crippen LogP contribution in [0.2, 0.25) is 0 Å². The van der Waals surface area contributed by atoms with Gasteiger partial charge in [0.2, 0.25) is 0 Å². The second kappa shape index (κ2) is 61.6. The Morgan fingerprint density at radius 2 is 0.527 bits per heavy atom. The Kier molecular flexibility index (Phi) is 60.3. The van der Waals surface area contributed by atoms with E-state index in [9.17, 15) is 43.2 Å². The molecular weight excluding hydrogens is 1200 g/mol. The molecule has 17 nitrogen and oxygen atoms in total. The second-order valence-electron chi connectivity index (χ2n) is 27.6. The predicted molar refractivity (Wildman–Crippen MR) is 367 cm³/mol. The number of aliphatic hydroxyl groups is 1. The molecule has 0 fully saturated rings. The number of phosphoric ester groups is 2. The molecule has 0 rings (SSSR count). The maximum absolute atomic E-state index is 13.0. The van der Waals surface area contributed by atoms with Gasteiger partial charge in [0.25, 0.3) is 0 Å². The molecule has 0 aliphatic carbocycles. The summed E-state index contributed by atoms with van der Waals surface area (Å²) in [5.41, 5.74) is 0. The molecule has 3 N–H and O–H groups in total. The number of hydrogen-bond acceptors (Lipinski definition) is 15. The van der Waals surface area contributed by atoms with E-state index in [2.05, 4.69) is 55.4 Å². The largest absolute Gasteiger partial charge is 0.472 e. The Balaban J connectivity index is 5.09. The molecule has 4 unspecified atom stereocenters. The molecule has 0 saturated heterocycles. The highest BCUT2D eigenvalue weighted by atomic mass is 31.2. The molecule has 0 aromatic heterocycles. The van der Waals surface area contributed by atoms with E-state index in [1.807, 2.05) is 0 Å². The van der Waals surface area contributed by atoms with Crippen molar-refractivity contribution in [1.29, 1.82) is 0 Å². The van der Waals surface area contributed by atoms with Crippen molar-refractivity contribution >= 4 is 39.5 Å². The lowest BCUT2D eigenvalue weighted by atomic mass is 9.99. The van der Waals surface area contributed by atoms with Crippen LogP contribution in [0.4, 0.5) is 0 Å². The van der Waals surface area contributed by atoms with Crippen molar-refractivity contribution in [3.05, 3.63) is 0 Å². The maximum Gasteiger partial charge on any atom is 0.472 e. The summed E-state index contributed by atoms with van der Waals surface area (Å²) >= 11 is 0. The monoisotopic (exact) mass is 1340 g/mol. The molecule has 0 aromatic carbocycles. The van der Waals surface area contributed by atoms with E-state index in [0.717, 1.165) is 102 Å². The molecule has 0 radical (unpaired) electrons. The first-order valence-corrected chi connectivity index (χ1v) is 40.2. The zero-order valence-electron chi connectivity index (χ0n) is 59.5. The minimum Gasteiger partial charge on any atom is -0.462 e. The van der Waals surface area contributed by atoms with Crippen molar-refractivity contribution < 1.29 is 80.2 Å². The van der Waals surface area contributed by atoms with Gasteiger partial charge in [-0.3, -0.25) is 37.3 Å². The Morgan fingerprint density at radius 1 is 0.308 bits per heavy atom. The van der Waals surface area contributed by atoms with Gasteiger partial charge >= 0.3 is 39.5 Å². The molecule has 0 saturated carbocycles. The topological polar surface area (TPSA) is 237 Å². The van der Waals surface area contributed by atoms with Gasteiger partial charge in [-0.2, -0.15) is 0 Å². The van der Waals surface area contributed by atoms with Crippen molar-refractivity contribution in [1.82, 2.24) is 0 Å². The molecule has 0 aliphatic heterocycles. The van der Waals surface area contributed by atoms with Crippen LogP contribution in [0.1, 0.15) is 357 Å². The third-order valence-corrected chi connectivity index (χ3v) is 18.8. The fraction of sp³-hybridized carbons (Fsp3) is 0.944. The van der Waals surface area contributed by atoms with E-state index in [1.165, 1.54) is 154 Å². The van der Waals surface area contributed by atoms with Crippen molar-refractivity contribution in [3.8, 4) is 0 Å². The summed E-state index contributed by atoms with van der Waals surface area (Å²) in [5, 5.41) is 10.6. The van der Waals surface area contributed by atoms with Gasteiger partial charge in [-0.05, 0) is 49.4 Å². The molecule has 0 aromatic rings. The lowest BCUT2D eigenvalue weighted by Crippen LogP contribution is -2.30. The minimum atomic E-state index is -4.95. The zero-order chi connectivity index (χ0) is 67.5. The summed E-state index contributed by atoms with van der Waals surface area (Å²) < 4.78 is 68.2. The lowest BCUT2D eigenvalue weighted by Gasteiger charge is -2.21. The first-order chi connectivity index (χ1) is 43.6. The van der Waals surface area contributed by atoms with E-state index in [1.54, 1.807) is 0 Å². The molecule has 0 amide bonds. The van der Waals surface area contributed by atoms with Gasteiger partial charge in [0.15, 0.2) is 12.2 Å². The quantitative estimate of drug-likeness (QED) is 0.0222. The van der Waals surface area contributed by atoms with E-state index < -0.39 is 97.5 Å². The number of carbonyl (C=O) groups is 4. The first-order valence-electron chi connectivity index (χ1n) is 37.2. The number of rotatable bonds is 69. The summed E-state index contributed by atoms with van der Waals surface area (Å²) in [4.78, 5) is 72.4. The van der Waals surface area contributed by atoms with Crippen LogP contribution in [0.25, 0.3) is 0 Å². The lowest BCUT2D eigenvalue weighted by molar-refractivity contribution is -0.161. The van der Waals surface area contributed by atoms with Crippen molar-refractivity contribution in [2.45, 2.75) is 375 Å². The first kappa shape index (κ1) is 89.1. The molecule has 540 valence electrons. The molecule has 0 bridgehead atoms. The Bertz CT molecular complexity index is 1800. The highest BCUT2D eigenvalue weighted by molar-refractivity contribution is 7.47. The van der Waals surface area contributed by atoms with Gasteiger partial charge < -0.3 is 33.8 Å². The number of phosphoric acid groups is 2. The van der Waals surface area contributed by atoms with Crippen LogP contribution >= 0.6 is 15.6 Å². The number of aliphatic hydroxyl groups excluding tert-OH is 1. The summed E-state index contributed by atoms with van der Waals surface area (Å²) in [7, 11) is -9.90. The summed E-state index contributed by atoms with van der Waals surface area (Å²) in [5.74, 6) is 0.808. The smallest absolute Gasteiger partial charge is 0.462 e. The number of esters is 4. The van der Waals surface area contributed by atoms with Crippen LogP contribution in [0.5, 0.6) is 0 Å². The number of hydrogen-bond donors (Lipinski definition) is 3. The number of unbranched alkanes of at least 4 members (excludes halogenated alkanes) is 34. The normalized spacial score (nSPS) is 14.5. The SMILES string of the molecule is CCC(C)CCCCCCCCCCCCCCCCCCCCC(=O)OC[C@H](COP(=O)(O)OCC(O)COP(=O)(O)OC[C@@H](COC(=O)CCCCCCCCCC(C)C)OC(=O)CCCCCCCCC(C)C)OC(=O)CCCCCCCCCC(C)C. The van der Waals surface area contributed by atoms with E-state index in [-0.39, 0.29) is 25.7 Å². The van der Waals surface area contributed by atoms with Crippen LogP contribution in [0, 0.1) is 23.7 Å². The standard InChI is InChI=1S/C72H140O17P2/c1-9-65(8)51-43-35-26-20-18-16-14-12-10-11-13-15-17-19-21-27-36-44-52-69(74)82-58-67(88-71(76)54-46-38-29-23-25-33-41-49-63(4)5)60-86-90(78,79)84-56-66(73)57-85-91(80,81)87-61-68(89-72(77)55-47-39-31-30-34-42-50-64(6)7)59-83-70(75)53-45-37-28-22-24-32-40-48-62(2)3/h62-68,73H,9-61H2,1-8H3,(H,78,79)(H,80,81)/t65?,66?,67-,68-/m1/s1. The predicted octanol–water partition coefficient (Wildman–Crippen LogP) is 20.5. The van der Waals surface area contributed by atoms with Gasteiger partial charge in [0, 0.05) is 25.7 Å². The Morgan fingerprint density at radius 3 is 0.780 bits per heavy atom. The zero-order valence-corrected chi connectivity index (χ0v) is 61.3. The van der Waals surface area contributed by atoms with Crippen molar-refractivity contribution in [2.24, 2.45) is 23.7 Å². The number of carbonyl (C=O) groups excluding carboxylic acids is 4. The summed E-state index contributed by atoms with van der Waals surface area (Å²) in [6, 6.07) is 0. The minimum absolute atomic E-state index is 0.101. The average Bonchev–Trinajstić information content (AvgIpc) is 3.06. The van der Waals surface area contributed by atoms with Gasteiger partial charge in [-0.25, -0.2) is 9.13 Å². The van der Waals surface area contributed by atoms with Crippen LogP contribution in [-0.4, -0.2) is 96.7 Å². The molecule has 0 aliphatic rings. The van der Waals surface area contributed by atoms with E-state index >= 15 is 0 Å². The third kappa shape index (κ3) is 65.1.